The zero-order valence-electron chi connectivity index (χ0n) is 10.1. The van der Waals surface area contributed by atoms with Crippen molar-refractivity contribution >= 4 is 29.2 Å². The normalized spacial score (nSPS) is 10.1. The van der Waals surface area contributed by atoms with Gasteiger partial charge in [-0.15, -0.1) is 0 Å². The van der Waals surface area contributed by atoms with Crippen LogP contribution in [0.5, 0.6) is 0 Å². The van der Waals surface area contributed by atoms with Crippen molar-refractivity contribution in [3.8, 4) is 0 Å². The molecule has 0 spiro atoms. The smallest absolute Gasteiger partial charge is 0.337 e. The number of carbonyl (C=O) groups excluding carboxylic acids is 1. The van der Waals surface area contributed by atoms with E-state index >= 15 is 0 Å². The van der Waals surface area contributed by atoms with Gasteiger partial charge in [0.15, 0.2) is 0 Å². The van der Waals surface area contributed by atoms with Crippen molar-refractivity contribution < 1.29 is 19.1 Å². The van der Waals surface area contributed by atoms with Crippen molar-refractivity contribution in [2.75, 3.05) is 5.32 Å². The average molecular weight is 294 g/mol. The minimum atomic E-state index is -1.16. The number of hydrogen-bond donors (Lipinski definition) is 2. The Kier molecular flexibility index (Phi) is 4.00. The van der Waals surface area contributed by atoms with Crippen molar-refractivity contribution in [1.82, 2.24) is 0 Å². The van der Waals surface area contributed by atoms with Crippen LogP contribution in [0.1, 0.15) is 20.7 Å². The molecule has 2 aromatic carbocycles. The first-order chi connectivity index (χ1) is 9.49. The Bertz CT molecular complexity index is 688. The Morgan fingerprint density at radius 3 is 2.50 bits per heavy atom. The minimum absolute atomic E-state index is 0.0460. The molecule has 0 atom stereocenters. The molecule has 0 bridgehead atoms. The number of amides is 1. The number of rotatable bonds is 3. The van der Waals surface area contributed by atoms with E-state index in [4.69, 9.17) is 16.7 Å². The maximum atomic E-state index is 13.3. The number of benzene rings is 2. The molecule has 0 aliphatic carbocycles. The van der Waals surface area contributed by atoms with Crippen molar-refractivity contribution in [3.05, 3.63) is 64.4 Å². The van der Waals surface area contributed by atoms with Gasteiger partial charge in [0.1, 0.15) is 5.82 Å². The summed E-state index contributed by atoms with van der Waals surface area (Å²) < 4.78 is 13.3. The van der Waals surface area contributed by atoms with Gasteiger partial charge in [-0.3, -0.25) is 4.79 Å². The number of carbonyl (C=O) groups is 2. The van der Waals surface area contributed by atoms with E-state index in [-0.39, 0.29) is 21.8 Å². The SMILES string of the molecule is O=C(Nc1ccccc1C(=O)O)c1ccc(Cl)c(F)c1. The Morgan fingerprint density at radius 2 is 1.85 bits per heavy atom. The molecular formula is C14H9ClFNO3. The number of carboxylic acid groups (broad SMARTS) is 1. The van der Waals surface area contributed by atoms with Crippen LogP contribution >= 0.6 is 11.6 Å². The van der Waals surface area contributed by atoms with Crippen LogP contribution in [0.15, 0.2) is 42.5 Å². The number of carboxylic acids is 1. The molecule has 2 aromatic rings. The van der Waals surface area contributed by atoms with Crippen LogP contribution in [0, 0.1) is 5.82 Å². The van der Waals surface area contributed by atoms with Gasteiger partial charge in [0.05, 0.1) is 16.3 Å². The molecule has 0 aromatic heterocycles. The van der Waals surface area contributed by atoms with Crippen LogP contribution in [0.3, 0.4) is 0 Å². The van der Waals surface area contributed by atoms with Gasteiger partial charge in [-0.1, -0.05) is 23.7 Å². The second kappa shape index (κ2) is 5.71. The molecular weight excluding hydrogens is 285 g/mol. The lowest BCUT2D eigenvalue weighted by molar-refractivity contribution is 0.0698. The zero-order valence-corrected chi connectivity index (χ0v) is 10.8. The molecule has 6 heteroatoms. The molecule has 0 aliphatic rings. The van der Waals surface area contributed by atoms with Gasteiger partial charge in [0.25, 0.3) is 5.91 Å². The first kappa shape index (κ1) is 14.0. The van der Waals surface area contributed by atoms with E-state index in [1.54, 1.807) is 12.1 Å². The Balaban J connectivity index is 2.28. The molecule has 1 amide bonds. The third-order valence-electron chi connectivity index (χ3n) is 2.59. The lowest BCUT2D eigenvalue weighted by atomic mass is 10.1. The predicted octanol–water partition coefficient (Wildman–Crippen LogP) is 3.43. The van der Waals surface area contributed by atoms with Gasteiger partial charge in [-0.25, -0.2) is 9.18 Å². The number of hydrogen-bond acceptors (Lipinski definition) is 2. The highest BCUT2D eigenvalue weighted by Crippen LogP contribution is 2.19. The topological polar surface area (TPSA) is 66.4 Å². The molecule has 20 heavy (non-hydrogen) atoms. The van der Waals surface area contributed by atoms with Crippen LogP contribution < -0.4 is 5.32 Å². The van der Waals surface area contributed by atoms with E-state index in [1.165, 1.54) is 24.3 Å². The van der Waals surface area contributed by atoms with E-state index in [9.17, 15) is 14.0 Å². The maximum Gasteiger partial charge on any atom is 0.337 e. The Labute approximate surface area is 118 Å². The van der Waals surface area contributed by atoms with Gasteiger partial charge in [0.2, 0.25) is 0 Å². The highest BCUT2D eigenvalue weighted by Gasteiger charge is 2.14. The molecule has 0 saturated heterocycles. The van der Waals surface area contributed by atoms with E-state index in [0.29, 0.717) is 0 Å². The molecule has 0 fully saturated rings. The third kappa shape index (κ3) is 2.95. The van der Waals surface area contributed by atoms with Crippen LogP contribution in [-0.4, -0.2) is 17.0 Å². The number of nitrogens with one attached hydrogen (secondary N) is 1. The van der Waals surface area contributed by atoms with E-state index in [0.717, 1.165) is 6.07 Å². The van der Waals surface area contributed by atoms with Crippen LogP contribution in [0.25, 0.3) is 0 Å². The number of anilines is 1. The second-order valence-corrected chi connectivity index (χ2v) is 4.34. The largest absolute Gasteiger partial charge is 0.478 e. The van der Waals surface area contributed by atoms with Crippen molar-refractivity contribution in [1.29, 1.82) is 0 Å². The predicted molar refractivity (Wildman–Crippen MR) is 72.8 cm³/mol. The fourth-order valence-electron chi connectivity index (χ4n) is 1.61. The standard InChI is InChI=1S/C14H9ClFNO3/c15-10-6-5-8(7-11(10)16)13(18)17-12-4-2-1-3-9(12)14(19)20/h1-7H,(H,17,18)(H,19,20). The lowest BCUT2D eigenvalue weighted by Crippen LogP contribution is -2.15. The minimum Gasteiger partial charge on any atom is -0.478 e. The summed E-state index contributed by atoms with van der Waals surface area (Å²) in [5, 5.41) is 11.3. The highest BCUT2D eigenvalue weighted by atomic mass is 35.5. The molecule has 0 heterocycles. The molecule has 102 valence electrons. The number of para-hydroxylation sites is 1. The highest BCUT2D eigenvalue weighted by molar-refractivity contribution is 6.30. The number of halogens is 2. The van der Waals surface area contributed by atoms with Crippen LogP contribution in [0.2, 0.25) is 5.02 Å². The monoisotopic (exact) mass is 293 g/mol. The van der Waals surface area contributed by atoms with E-state index in [1.807, 2.05) is 0 Å². The maximum absolute atomic E-state index is 13.3. The number of aromatic carboxylic acids is 1. The fraction of sp³-hybridized carbons (Fsp3) is 0. The van der Waals surface area contributed by atoms with E-state index in [2.05, 4.69) is 5.32 Å². The first-order valence-corrected chi connectivity index (χ1v) is 5.95. The summed E-state index contributed by atoms with van der Waals surface area (Å²) in [6.07, 6.45) is 0. The molecule has 2 N–H and O–H groups in total. The quantitative estimate of drug-likeness (QED) is 0.911. The summed E-state index contributed by atoms with van der Waals surface area (Å²) in [6, 6.07) is 9.54. The van der Waals surface area contributed by atoms with E-state index < -0.39 is 17.7 Å². The van der Waals surface area contributed by atoms with Crippen molar-refractivity contribution in [2.45, 2.75) is 0 Å². The lowest BCUT2D eigenvalue weighted by Gasteiger charge is -2.08. The summed E-state index contributed by atoms with van der Waals surface area (Å²) in [6.45, 7) is 0. The third-order valence-corrected chi connectivity index (χ3v) is 2.89. The van der Waals surface area contributed by atoms with Gasteiger partial charge >= 0.3 is 5.97 Å². The first-order valence-electron chi connectivity index (χ1n) is 5.58. The average Bonchev–Trinajstić information content (AvgIpc) is 2.42. The summed E-state index contributed by atoms with van der Waals surface area (Å²) in [5.74, 6) is -2.50. The van der Waals surface area contributed by atoms with Crippen molar-refractivity contribution in [2.24, 2.45) is 0 Å². The van der Waals surface area contributed by atoms with Crippen LogP contribution in [0.4, 0.5) is 10.1 Å². The molecule has 0 saturated carbocycles. The molecule has 0 aliphatic heterocycles. The molecule has 2 rings (SSSR count). The fourth-order valence-corrected chi connectivity index (χ4v) is 1.73. The summed E-state index contributed by atoms with van der Waals surface area (Å²) in [7, 11) is 0. The van der Waals surface area contributed by atoms with Gasteiger partial charge in [-0.05, 0) is 30.3 Å². The summed E-state index contributed by atoms with van der Waals surface area (Å²) in [4.78, 5) is 22.9. The Morgan fingerprint density at radius 1 is 1.15 bits per heavy atom. The van der Waals surface area contributed by atoms with Gasteiger partial charge in [0, 0.05) is 5.56 Å². The Hall–Kier alpha value is -2.40. The second-order valence-electron chi connectivity index (χ2n) is 3.93. The molecule has 4 nitrogen and oxygen atoms in total. The van der Waals surface area contributed by atoms with Gasteiger partial charge < -0.3 is 10.4 Å². The molecule has 0 unspecified atom stereocenters. The van der Waals surface area contributed by atoms with Gasteiger partial charge in [-0.2, -0.15) is 0 Å². The zero-order chi connectivity index (χ0) is 14.7. The molecule has 0 radical (unpaired) electrons. The summed E-state index contributed by atoms with van der Waals surface area (Å²) in [5.41, 5.74) is 0.141. The van der Waals surface area contributed by atoms with Crippen molar-refractivity contribution in [3.63, 3.8) is 0 Å². The summed E-state index contributed by atoms with van der Waals surface area (Å²) >= 11 is 5.53. The van der Waals surface area contributed by atoms with Crippen LogP contribution in [-0.2, 0) is 0 Å².